The molecule has 6 nitrogen and oxygen atoms in total. The molecule has 0 aliphatic rings. The smallest absolute Gasteiger partial charge is 0.245 e. The highest BCUT2D eigenvalue weighted by molar-refractivity contribution is 7.95. The second-order valence-electron chi connectivity index (χ2n) is 5.35. The first-order valence-electron chi connectivity index (χ1n) is 7.23. The molecule has 0 amide bonds. The number of sulfone groups is 1. The van der Waals surface area contributed by atoms with E-state index in [-0.39, 0.29) is 4.90 Å². The number of nitriles is 1. The molecule has 1 heterocycles. The molecule has 1 aromatic heterocycles. The lowest BCUT2D eigenvalue weighted by molar-refractivity contribution is -0.137. The van der Waals surface area contributed by atoms with Crippen molar-refractivity contribution in [2.75, 3.05) is 6.26 Å². The Balaban J connectivity index is 2.47. The van der Waals surface area contributed by atoms with Crippen LogP contribution in [0.4, 0.5) is 13.2 Å². The van der Waals surface area contributed by atoms with Crippen molar-refractivity contribution in [3.8, 4) is 6.07 Å². The van der Waals surface area contributed by atoms with E-state index in [2.05, 4.69) is 9.35 Å². The normalized spacial score (nSPS) is 14.8. The molecule has 0 bridgehead atoms. The first-order valence-corrected chi connectivity index (χ1v) is 11.0. The van der Waals surface area contributed by atoms with E-state index in [9.17, 15) is 25.8 Å². The monoisotopic (exact) mass is 449 g/mol. The van der Waals surface area contributed by atoms with E-state index >= 15 is 0 Å². The van der Waals surface area contributed by atoms with Crippen LogP contribution in [0.2, 0.25) is 5.02 Å². The first kappa shape index (κ1) is 21.9. The summed E-state index contributed by atoms with van der Waals surface area (Å²) in [6.07, 6.45) is -2.52. The Morgan fingerprint density at radius 1 is 1.18 bits per heavy atom. The van der Waals surface area contributed by atoms with Crippen LogP contribution in [0.5, 0.6) is 0 Å². The number of halogens is 4. The van der Waals surface area contributed by atoms with Crippen LogP contribution in [-0.4, -0.2) is 23.9 Å². The molecule has 0 aliphatic carbocycles. The van der Waals surface area contributed by atoms with Crippen molar-refractivity contribution in [2.45, 2.75) is 16.1 Å². The van der Waals surface area contributed by atoms with Crippen LogP contribution in [0.1, 0.15) is 5.56 Å². The second kappa shape index (κ2) is 7.90. The van der Waals surface area contributed by atoms with Gasteiger partial charge >= 0.3 is 6.18 Å². The quantitative estimate of drug-likeness (QED) is 0.655. The molecule has 1 aromatic carbocycles. The molecular weight excluding hydrogens is 439 g/mol. The van der Waals surface area contributed by atoms with Crippen molar-refractivity contribution < 1.29 is 25.8 Å². The Labute approximate surface area is 164 Å². The molecule has 148 valence electrons. The minimum atomic E-state index is -4.69. The third-order valence-electron chi connectivity index (χ3n) is 3.36. The molecular formula is C16H11ClF3N3O3S2. The van der Waals surface area contributed by atoms with Crippen LogP contribution in [0.15, 0.2) is 68.0 Å². The van der Waals surface area contributed by atoms with Gasteiger partial charge in [0, 0.05) is 22.4 Å². The SMILES string of the molecule is C[S@](=O)(=N/C=C(\C#N)S(=O)(=O)c1ccc(C(F)(F)F)cn1)c1ccc(Cl)cc1. The third kappa shape index (κ3) is 4.89. The lowest BCUT2D eigenvalue weighted by Crippen LogP contribution is -2.09. The number of aromatic nitrogens is 1. The number of hydrogen-bond acceptors (Lipinski definition) is 6. The fourth-order valence-corrected chi connectivity index (χ4v) is 4.11. The van der Waals surface area contributed by atoms with Crippen LogP contribution in [0, 0.1) is 11.3 Å². The summed E-state index contributed by atoms with van der Waals surface area (Å²) in [7, 11) is -7.64. The van der Waals surface area contributed by atoms with Crippen LogP contribution in [0.3, 0.4) is 0 Å². The largest absolute Gasteiger partial charge is 0.417 e. The van der Waals surface area contributed by atoms with Crippen molar-refractivity contribution in [3.63, 3.8) is 0 Å². The van der Waals surface area contributed by atoms with Crippen molar-refractivity contribution in [1.29, 1.82) is 5.26 Å². The fraction of sp³-hybridized carbons (Fsp3) is 0.125. The van der Waals surface area contributed by atoms with Crippen LogP contribution < -0.4 is 0 Å². The maximum atomic E-state index is 12.6. The summed E-state index contributed by atoms with van der Waals surface area (Å²) < 4.78 is 78.9. The molecule has 0 spiro atoms. The van der Waals surface area contributed by atoms with Crippen LogP contribution >= 0.6 is 11.6 Å². The van der Waals surface area contributed by atoms with Gasteiger partial charge in [-0.25, -0.2) is 22.0 Å². The fourth-order valence-electron chi connectivity index (χ4n) is 1.87. The van der Waals surface area contributed by atoms with Crippen molar-refractivity contribution in [3.05, 3.63) is 64.3 Å². The van der Waals surface area contributed by atoms with Gasteiger partial charge in [-0.1, -0.05) is 11.6 Å². The summed E-state index contributed by atoms with van der Waals surface area (Å²) in [6.45, 7) is 0. The van der Waals surface area contributed by atoms with Gasteiger partial charge in [-0.2, -0.15) is 18.4 Å². The van der Waals surface area contributed by atoms with Gasteiger partial charge in [0.05, 0.1) is 21.5 Å². The molecule has 0 fully saturated rings. The molecule has 28 heavy (non-hydrogen) atoms. The van der Waals surface area contributed by atoms with Crippen LogP contribution in [0.25, 0.3) is 0 Å². The molecule has 2 aromatic rings. The number of allylic oxidation sites excluding steroid dienone is 1. The van der Waals surface area contributed by atoms with Gasteiger partial charge in [0.15, 0.2) is 9.93 Å². The summed E-state index contributed by atoms with van der Waals surface area (Å²) in [4.78, 5) is 2.60. The van der Waals surface area contributed by atoms with Gasteiger partial charge in [-0.3, -0.25) is 0 Å². The number of rotatable bonds is 4. The molecule has 12 heteroatoms. The summed E-state index contributed by atoms with van der Waals surface area (Å²) in [5.74, 6) is 0. The average Bonchev–Trinajstić information content (AvgIpc) is 2.61. The summed E-state index contributed by atoms with van der Waals surface area (Å²) in [5.41, 5.74) is -1.14. The molecule has 0 saturated carbocycles. The van der Waals surface area contributed by atoms with Gasteiger partial charge in [0.1, 0.15) is 6.07 Å². The van der Waals surface area contributed by atoms with Gasteiger partial charge in [0.25, 0.3) is 0 Å². The highest BCUT2D eigenvalue weighted by Gasteiger charge is 2.32. The molecule has 0 radical (unpaired) electrons. The lowest BCUT2D eigenvalue weighted by atomic mass is 10.3. The third-order valence-corrected chi connectivity index (χ3v) is 6.84. The minimum Gasteiger partial charge on any atom is -0.245 e. The number of nitrogens with zero attached hydrogens (tertiary/aromatic N) is 3. The van der Waals surface area contributed by atoms with E-state index in [1.807, 2.05) is 0 Å². The topological polar surface area (TPSA) is 100 Å². The molecule has 0 aliphatic heterocycles. The Bertz CT molecular complexity index is 1170. The highest BCUT2D eigenvalue weighted by atomic mass is 35.5. The van der Waals surface area contributed by atoms with E-state index in [0.29, 0.717) is 29.6 Å². The maximum Gasteiger partial charge on any atom is 0.417 e. The van der Waals surface area contributed by atoms with Gasteiger partial charge in [-0.05, 0) is 36.4 Å². The Morgan fingerprint density at radius 3 is 2.25 bits per heavy atom. The zero-order valence-corrected chi connectivity index (χ0v) is 16.4. The van der Waals surface area contributed by atoms with Gasteiger partial charge < -0.3 is 0 Å². The zero-order valence-electron chi connectivity index (χ0n) is 14.0. The molecule has 0 N–H and O–H groups in total. The number of hydrogen-bond donors (Lipinski definition) is 0. The first-order chi connectivity index (χ1) is 12.9. The predicted octanol–water partition coefficient (Wildman–Crippen LogP) is 4.05. The van der Waals surface area contributed by atoms with E-state index < -0.39 is 41.2 Å². The maximum absolute atomic E-state index is 12.6. The van der Waals surface area contributed by atoms with E-state index in [4.69, 9.17) is 16.9 Å². The molecule has 0 unspecified atom stereocenters. The van der Waals surface area contributed by atoms with Gasteiger partial charge in [0.2, 0.25) is 9.84 Å². The van der Waals surface area contributed by atoms with Crippen molar-refractivity contribution in [2.24, 2.45) is 4.36 Å². The van der Waals surface area contributed by atoms with Crippen molar-refractivity contribution >= 4 is 31.2 Å². The van der Waals surface area contributed by atoms with Gasteiger partial charge in [-0.15, -0.1) is 0 Å². The van der Waals surface area contributed by atoms with E-state index in [1.54, 1.807) is 0 Å². The number of alkyl halides is 3. The summed E-state index contributed by atoms with van der Waals surface area (Å²) in [5, 5.41) is 8.76. The summed E-state index contributed by atoms with van der Waals surface area (Å²) >= 11 is 5.74. The number of benzene rings is 1. The van der Waals surface area contributed by atoms with E-state index in [1.165, 1.54) is 36.6 Å². The minimum absolute atomic E-state index is 0.246. The predicted molar refractivity (Wildman–Crippen MR) is 96.3 cm³/mol. The van der Waals surface area contributed by atoms with Crippen molar-refractivity contribution in [1.82, 2.24) is 4.98 Å². The number of pyridine rings is 1. The van der Waals surface area contributed by atoms with Crippen LogP contribution in [-0.2, 0) is 25.7 Å². The molecule has 1 atom stereocenters. The Hall–Kier alpha value is -2.42. The lowest BCUT2D eigenvalue weighted by Gasteiger charge is -2.07. The zero-order chi connectivity index (χ0) is 21.2. The average molecular weight is 450 g/mol. The second-order valence-corrected chi connectivity index (χ2v) is 9.94. The Morgan fingerprint density at radius 2 is 1.79 bits per heavy atom. The standard InChI is InChI=1S/C16H11ClF3N3O3S2/c1-27(24,13-5-3-12(17)4-6-13)23-10-14(8-21)28(25,26)15-7-2-11(9-22-15)16(18,19)20/h2-7,9-10H,1H3/b14-10+/t27-/m1/s1. The highest BCUT2D eigenvalue weighted by Crippen LogP contribution is 2.29. The molecule has 0 saturated heterocycles. The van der Waals surface area contributed by atoms with E-state index in [0.717, 1.165) is 0 Å². The molecule has 2 rings (SSSR count). The summed E-state index contributed by atoms with van der Waals surface area (Å²) in [6, 6.07) is 8.34. The Kier molecular flexibility index (Phi) is 6.18.